The SMILES string of the molecule is Cc1cc(C)c2c(c1)C(=O)CC1(CCN(C(=O)c3ccc(N(C)C)cc3)CC1)O2. The number of benzene rings is 2. The normalized spacial score (nSPS) is 17.7. The van der Waals surface area contributed by atoms with Gasteiger partial charge in [0.1, 0.15) is 11.4 Å². The van der Waals surface area contributed by atoms with Crippen LogP contribution in [0.3, 0.4) is 0 Å². The molecule has 0 radical (unpaired) electrons. The van der Waals surface area contributed by atoms with Crippen molar-refractivity contribution >= 4 is 17.4 Å². The molecule has 0 unspecified atom stereocenters. The number of rotatable bonds is 2. The number of ketones is 1. The third-order valence-corrected chi connectivity index (χ3v) is 6.11. The molecule has 0 bridgehead atoms. The van der Waals surface area contributed by atoms with Gasteiger partial charge >= 0.3 is 0 Å². The van der Waals surface area contributed by atoms with Crippen molar-refractivity contribution in [2.75, 3.05) is 32.1 Å². The number of carbonyl (C=O) groups is 2. The Morgan fingerprint density at radius 2 is 1.72 bits per heavy atom. The molecule has 0 N–H and O–H groups in total. The van der Waals surface area contributed by atoms with Crippen LogP contribution in [0.5, 0.6) is 5.75 Å². The van der Waals surface area contributed by atoms with Gasteiger partial charge in [-0.05, 0) is 55.3 Å². The van der Waals surface area contributed by atoms with Crippen molar-refractivity contribution in [1.82, 2.24) is 4.90 Å². The van der Waals surface area contributed by atoms with Crippen LogP contribution in [0.2, 0.25) is 0 Å². The molecule has 1 amide bonds. The fourth-order valence-corrected chi connectivity index (χ4v) is 4.42. The standard InChI is InChI=1S/C24H28N2O3/c1-16-13-17(2)22-20(14-16)21(27)15-24(29-22)9-11-26(12-10-24)23(28)18-5-7-19(8-6-18)25(3)4/h5-8,13-14H,9-12,15H2,1-4H3. The molecule has 5 heteroatoms. The van der Waals surface area contributed by atoms with Gasteiger partial charge < -0.3 is 14.5 Å². The molecule has 2 aromatic carbocycles. The maximum Gasteiger partial charge on any atom is 0.253 e. The van der Waals surface area contributed by atoms with Gasteiger partial charge in [0.25, 0.3) is 5.91 Å². The summed E-state index contributed by atoms with van der Waals surface area (Å²) >= 11 is 0. The molecule has 5 nitrogen and oxygen atoms in total. The summed E-state index contributed by atoms with van der Waals surface area (Å²) in [5.41, 5.74) is 4.06. The summed E-state index contributed by atoms with van der Waals surface area (Å²) in [5, 5.41) is 0. The predicted molar refractivity (Wildman–Crippen MR) is 114 cm³/mol. The summed E-state index contributed by atoms with van der Waals surface area (Å²) in [6.07, 6.45) is 1.74. The van der Waals surface area contributed by atoms with Crippen molar-refractivity contribution in [3.05, 3.63) is 58.7 Å². The lowest BCUT2D eigenvalue weighted by molar-refractivity contribution is -0.00619. The molecule has 29 heavy (non-hydrogen) atoms. The van der Waals surface area contributed by atoms with E-state index < -0.39 is 5.60 Å². The van der Waals surface area contributed by atoms with Gasteiger partial charge in [-0.15, -0.1) is 0 Å². The maximum atomic E-state index is 12.9. The van der Waals surface area contributed by atoms with Crippen molar-refractivity contribution < 1.29 is 14.3 Å². The summed E-state index contributed by atoms with van der Waals surface area (Å²) in [5.74, 6) is 0.919. The molecule has 2 heterocycles. The number of nitrogens with zero attached hydrogens (tertiary/aromatic N) is 2. The van der Waals surface area contributed by atoms with Gasteiger partial charge in [-0.25, -0.2) is 0 Å². The summed E-state index contributed by atoms with van der Waals surface area (Å²) in [4.78, 5) is 29.6. The Labute approximate surface area is 172 Å². The topological polar surface area (TPSA) is 49.9 Å². The molecule has 0 aromatic heterocycles. The van der Waals surface area contributed by atoms with E-state index in [9.17, 15) is 9.59 Å². The number of piperidine rings is 1. The number of aryl methyl sites for hydroxylation is 2. The van der Waals surface area contributed by atoms with Crippen molar-refractivity contribution in [3.63, 3.8) is 0 Å². The number of amides is 1. The molecule has 2 aliphatic rings. The van der Waals surface area contributed by atoms with Crippen molar-refractivity contribution in [3.8, 4) is 5.75 Å². The van der Waals surface area contributed by atoms with E-state index in [0.717, 1.165) is 22.6 Å². The minimum absolute atomic E-state index is 0.0412. The van der Waals surface area contributed by atoms with Gasteiger partial charge in [0, 0.05) is 51.3 Å². The first-order chi connectivity index (χ1) is 13.8. The molecule has 2 aliphatic heterocycles. The van der Waals surface area contributed by atoms with Gasteiger partial charge in [0.2, 0.25) is 0 Å². The van der Waals surface area contributed by atoms with E-state index in [1.54, 1.807) is 0 Å². The second-order valence-corrected chi connectivity index (χ2v) is 8.58. The fraction of sp³-hybridized carbons (Fsp3) is 0.417. The lowest BCUT2D eigenvalue weighted by Crippen LogP contribution is -2.52. The summed E-state index contributed by atoms with van der Waals surface area (Å²) in [7, 11) is 3.96. The smallest absolute Gasteiger partial charge is 0.253 e. The maximum absolute atomic E-state index is 12.9. The van der Waals surface area contributed by atoms with E-state index in [-0.39, 0.29) is 11.7 Å². The molecular weight excluding hydrogens is 364 g/mol. The molecule has 4 rings (SSSR count). The Morgan fingerprint density at radius 1 is 1.07 bits per heavy atom. The number of hydrogen-bond acceptors (Lipinski definition) is 4. The number of anilines is 1. The molecule has 0 saturated carbocycles. The first-order valence-corrected chi connectivity index (χ1v) is 10.2. The Morgan fingerprint density at radius 3 is 2.34 bits per heavy atom. The molecule has 152 valence electrons. The van der Waals surface area contributed by atoms with Crippen LogP contribution in [-0.4, -0.2) is 49.4 Å². The fourth-order valence-electron chi connectivity index (χ4n) is 4.42. The average molecular weight is 392 g/mol. The van der Waals surface area contributed by atoms with Crippen LogP contribution < -0.4 is 9.64 Å². The zero-order valence-electron chi connectivity index (χ0n) is 17.6. The third kappa shape index (κ3) is 3.61. The quantitative estimate of drug-likeness (QED) is 0.775. The highest BCUT2D eigenvalue weighted by Gasteiger charge is 2.44. The van der Waals surface area contributed by atoms with Crippen LogP contribution in [0.15, 0.2) is 36.4 Å². The zero-order valence-corrected chi connectivity index (χ0v) is 17.6. The Balaban J connectivity index is 1.48. The lowest BCUT2D eigenvalue weighted by Gasteiger charge is -2.44. The highest BCUT2D eigenvalue weighted by atomic mass is 16.5. The van der Waals surface area contributed by atoms with Gasteiger partial charge in [0.15, 0.2) is 5.78 Å². The van der Waals surface area contributed by atoms with E-state index in [1.165, 1.54) is 0 Å². The number of hydrogen-bond donors (Lipinski definition) is 0. The van der Waals surface area contributed by atoms with E-state index >= 15 is 0 Å². The van der Waals surface area contributed by atoms with Crippen LogP contribution in [0.25, 0.3) is 0 Å². The first-order valence-electron chi connectivity index (χ1n) is 10.2. The van der Waals surface area contributed by atoms with Gasteiger partial charge in [-0.3, -0.25) is 9.59 Å². The molecule has 0 atom stereocenters. The van der Waals surface area contributed by atoms with E-state index in [1.807, 2.05) is 68.1 Å². The second-order valence-electron chi connectivity index (χ2n) is 8.58. The van der Waals surface area contributed by atoms with Crippen LogP contribution in [0, 0.1) is 13.8 Å². The minimum Gasteiger partial charge on any atom is -0.486 e. The Hall–Kier alpha value is -2.82. The Bertz CT molecular complexity index is 955. The van der Waals surface area contributed by atoms with Gasteiger partial charge in [0.05, 0.1) is 12.0 Å². The van der Waals surface area contributed by atoms with Gasteiger partial charge in [-0.2, -0.15) is 0 Å². The first kappa shape index (κ1) is 19.5. The minimum atomic E-state index is -0.490. The number of Topliss-reactive ketones (excluding diaryl/α,β-unsaturated/α-hetero) is 1. The van der Waals surface area contributed by atoms with Crippen LogP contribution in [0.4, 0.5) is 5.69 Å². The zero-order chi connectivity index (χ0) is 20.8. The third-order valence-electron chi connectivity index (χ3n) is 6.11. The average Bonchev–Trinajstić information content (AvgIpc) is 2.69. The van der Waals surface area contributed by atoms with Crippen molar-refractivity contribution in [2.24, 2.45) is 0 Å². The van der Waals surface area contributed by atoms with E-state index in [0.29, 0.717) is 43.5 Å². The number of ether oxygens (including phenoxy) is 1. The highest BCUT2D eigenvalue weighted by Crippen LogP contribution is 2.41. The number of fused-ring (bicyclic) bond motifs is 1. The number of likely N-dealkylation sites (tertiary alicyclic amines) is 1. The predicted octanol–water partition coefficient (Wildman–Crippen LogP) is 4.01. The summed E-state index contributed by atoms with van der Waals surface area (Å²) < 4.78 is 6.43. The molecular formula is C24H28N2O3. The van der Waals surface area contributed by atoms with Crippen LogP contribution >= 0.6 is 0 Å². The number of carbonyl (C=O) groups excluding carboxylic acids is 2. The Kier molecular flexibility index (Phi) is 4.85. The lowest BCUT2D eigenvalue weighted by atomic mass is 9.81. The van der Waals surface area contributed by atoms with Crippen molar-refractivity contribution in [2.45, 2.75) is 38.7 Å². The second kappa shape index (κ2) is 7.21. The van der Waals surface area contributed by atoms with Gasteiger partial charge in [-0.1, -0.05) is 6.07 Å². The highest BCUT2D eigenvalue weighted by molar-refractivity contribution is 6.01. The molecule has 2 aromatic rings. The monoisotopic (exact) mass is 392 g/mol. The molecule has 1 saturated heterocycles. The van der Waals surface area contributed by atoms with Crippen LogP contribution in [-0.2, 0) is 0 Å². The van der Waals surface area contributed by atoms with E-state index in [2.05, 4.69) is 6.07 Å². The summed E-state index contributed by atoms with van der Waals surface area (Å²) in [6.45, 7) is 5.19. The molecule has 0 aliphatic carbocycles. The van der Waals surface area contributed by atoms with Crippen molar-refractivity contribution in [1.29, 1.82) is 0 Å². The van der Waals surface area contributed by atoms with Crippen LogP contribution in [0.1, 0.15) is 51.1 Å². The molecule has 1 fully saturated rings. The van der Waals surface area contributed by atoms with E-state index in [4.69, 9.17) is 4.74 Å². The summed E-state index contributed by atoms with van der Waals surface area (Å²) in [6, 6.07) is 11.7. The largest absolute Gasteiger partial charge is 0.486 e. The molecule has 1 spiro atoms.